The fourth-order valence-electron chi connectivity index (χ4n) is 1.01. The Morgan fingerprint density at radius 1 is 1.62 bits per heavy atom. The lowest BCUT2D eigenvalue weighted by atomic mass is 9.99. The summed E-state index contributed by atoms with van der Waals surface area (Å²) in [5.74, 6) is 1.30. The van der Waals surface area contributed by atoms with Crippen molar-refractivity contribution in [2.45, 2.75) is 6.92 Å². The maximum Gasteiger partial charge on any atom is 0.0509 e. The molecule has 0 unspecified atom stereocenters. The Kier molecular flexibility index (Phi) is 1.86. The number of nitrogens with two attached hydrogens (primary N) is 1. The molecule has 2 nitrogen and oxygen atoms in total. The van der Waals surface area contributed by atoms with Gasteiger partial charge in [0.15, 0.2) is 0 Å². The maximum atomic E-state index is 5.44. The van der Waals surface area contributed by atoms with Gasteiger partial charge in [0, 0.05) is 6.61 Å². The molecule has 2 atom stereocenters. The topological polar surface area (TPSA) is 35.2 Å². The van der Waals surface area contributed by atoms with Gasteiger partial charge in [-0.3, -0.25) is 0 Å². The Morgan fingerprint density at radius 3 is 2.62 bits per heavy atom. The van der Waals surface area contributed by atoms with Crippen molar-refractivity contribution in [1.82, 2.24) is 0 Å². The molecule has 0 spiro atoms. The fraction of sp³-hybridized carbons (Fsp3) is 1.00. The van der Waals surface area contributed by atoms with E-state index in [-0.39, 0.29) is 0 Å². The third kappa shape index (κ3) is 1.01. The van der Waals surface area contributed by atoms with Crippen molar-refractivity contribution in [2.75, 3.05) is 19.8 Å². The van der Waals surface area contributed by atoms with E-state index in [1.165, 1.54) is 0 Å². The molecule has 0 amide bonds. The smallest absolute Gasteiger partial charge is 0.0509 e. The highest BCUT2D eigenvalue weighted by Gasteiger charge is 2.21. The highest BCUT2D eigenvalue weighted by molar-refractivity contribution is 4.71. The highest BCUT2D eigenvalue weighted by Crippen LogP contribution is 2.17. The van der Waals surface area contributed by atoms with Gasteiger partial charge in [-0.15, -0.1) is 0 Å². The van der Waals surface area contributed by atoms with E-state index in [9.17, 15) is 0 Å². The predicted octanol–water partition coefficient (Wildman–Crippen LogP) is 0.228. The van der Waals surface area contributed by atoms with Gasteiger partial charge in [-0.05, 0) is 18.4 Å². The minimum Gasteiger partial charge on any atom is -0.381 e. The molecule has 1 saturated heterocycles. The lowest BCUT2D eigenvalue weighted by Crippen LogP contribution is -2.19. The van der Waals surface area contributed by atoms with Crippen LogP contribution in [0.25, 0.3) is 0 Å². The zero-order valence-corrected chi connectivity index (χ0v) is 5.26. The summed E-state index contributed by atoms with van der Waals surface area (Å²) in [6.45, 7) is 4.74. The van der Waals surface area contributed by atoms with Crippen molar-refractivity contribution in [1.29, 1.82) is 0 Å². The van der Waals surface area contributed by atoms with Crippen molar-refractivity contribution in [3.05, 3.63) is 0 Å². The standard InChI is InChI=1S/C6H13NO/c1-5-3-8-4-6(5)2-7/h5-6H,2-4,7H2,1H3/t5-,6-/m1/s1. The SMILES string of the molecule is C[C@@H]1COC[C@H]1CN. The van der Waals surface area contributed by atoms with Crippen molar-refractivity contribution in [2.24, 2.45) is 17.6 Å². The lowest BCUT2D eigenvalue weighted by Gasteiger charge is -2.07. The molecule has 8 heavy (non-hydrogen) atoms. The summed E-state index contributed by atoms with van der Waals surface area (Å²) in [6.07, 6.45) is 0. The van der Waals surface area contributed by atoms with E-state index < -0.39 is 0 Å². The van der Waals surface area contributed by atoms with E-state index >= 15 is 0 Å². The van der Waals surface area contributed by atoms with Gasteiger partial charge < -0.3 is 10.5 Å². The number of ether oxygens (including phenoxy) is 1. The first-order valence-corrected chi connectivity index (χ1v) is 3.12. The molecule has 0 bridgehead atoms. The molecule has 1 aliphatic rings. The van der Waals surface area contributed by atoms with Crippen LogP contribution in [-0.4, -0.2) is 19.8 Å². The zero-order valence-electron chi connectivity index (χ0n) is 5.26. The van der Waals surface area contributed by atoms with Gasteiger partial charge in [0.1, 0.15) is 0 Å². The van der Waals surface area contributed by atoms with Crippen LogP contribution in [0.1, 0.15) is 6.92 Å². The fourth-order valence-corrected chi connectivity index (χ4v) is 1.01. The minimum absolute atomic E-state index is 0.620. The number of hydrogen-bond donors (Lipinski definition) is 1. The van der Waals surface area contributed by atoms with Crippen LogP contribution in [0.2, 0.25) is 0 Å². The minimum atomic E-state index is 0.620. The predicted molar refractivity (Wildman–Crippen MR) is 32.5 cm³/mol. The molecule has 0 saturated carbocycles. The Bertz CT molecular complexity index is 74.9. The third-order valence-electron chi connectivity index (χ3n) is 1.82. The largest absolute Gasteiger partial charge is 0.381 e. The molecule has 0 aliphatic carbocycles. The summed E-state index contributed by atoms with van der Waals surface area (Å²) in [5, 5.41) is 0. The van der Waals surface area contributed by atoms with Crippen LogP contribution in [0.3, 0.4) is 0 Å². The lowest BCUT2D eigenvalue weighted by molar-refractivity contribution is 0.182. The number of rotatable bonds is 1. The van der Waals surface area contributed by atoms with Crippen LogP contribution in [0, 0.1) is 11.8 Å². The molecule has 48 valence electrons. The summed E-state index contributed by atoms with van der Waals surface area (Å²) in [6, 6.07) is 0. The van der Waals surface area contributed by atoms with Crippen LogP contribution in [0.5, 0.6) is 0 Å². The van der Waals surface area contributed by atoms with Crippen LogP contribution < -0.4 is 5.73 Å². The second-order valence-electron chi connectivity index (χ2n) is 2.51. The molecular weight excluding hydrogens is 102 g/mol. The summed E-state index contributed by atoms with van der Waals surface area (Å²) in [7, 11) is 0. The third-order valence-corrected chi connectivity index (χ3v) is 1.82. The van der Waals surface area contributed by atoms with E-state index in [2.05, 4.69) is 6.92 Å². The van der Waals surface area contributed by atoms with Crippen LogP contribution >= 0.6 is 0 Å². The Labute approximate surface area is 50.0 Å². The average molecular weight is 115 g/mol. The van der Waals surface area contributed by atoms with Gasteiger partial charge in [0.2, 0.25) is 0 Å². The molecule has 0 aromatic heterocycles. The molecule has 0 radical (unpaired) electrons. The van der Waals surface area contributed by atoms with Crippen LogP contribution in [-0.2, 0) is 4.74 Å². The molecule has 1 fully saturated rings. The zero-order chi connectivity index (χ0) is 5.98. The molecule has 1 aliphatic heterocycles. The normalized spacial score (nSPS) is 38.2. The summed E-state index contributed by atoms with van der Waals surface area (Å²) in [4.78, 5) is 0. The molecule has 1 rings (SSSR count). The summed E-state index contributed by atoms with van der Waals surface area (Å²) < 4.78 is 5.18. The Balaban J connectivity index is 2.30. The first-order valence-electron chi connectivity index (χ1n) is 3.12. The summed E-state index contributed by atoms with van der Waals surface area (Å²) >= 11 is 0. The van der Waals surface area contributed by atoms with Gasteiger partial charge in [-0.1, -0.05) is 6.92 Å². The summed E-state index contributed by atoms with van der Waals surface area (Å²) in [5.41, 5.74) is 5.44. The second-order valence-corrected chi connectivity index (χ2v) is 2.51. The molecule has 0 aromatic carbocycles. The molecular formula is C6H13NO. The van der Waals surface area contributed by atoms with Gasteiger partial charge in [0.25, 0.3) is 0 Å². The van der Waals surface area contributed by atoms with Crippen LogP contribution in [0.4, 0.5) is 0 Å². The van der Waals surface area contributed by atoms with Crippen LogP contribution in [0.15, 0.2) is 0 Å². The molecule has 0 aromatic rings. The van der Waals surface area contributed by atoms with Crippen molar-refractivity contribution in [3.8, 4) is 0 Å². The van der Waals surface area contributed by atoms with E-state index in [1.807, 2.05) is 0 Å². The Hall–Kier alpha value is -0.0800. The first-order chi connectivity index (χ1) is 3.84. The first kappa shape index (κ1) is 6.05. The van der Waals surface area contributed by atoms with E-state index in [1.54, 1.807) is 0 Å². The van der Waals surface area contributed by atoms with E-state index in [0.29, 0.717) is 11.8 Å². The molecule has 2 heteroatoms. The van der Waals surface area contributed by atoms with Gasteiger partial charge in [-0.2, -0.15) is 0 Å². The van der Waals surface area contributed by atoms with Crippen molar-refractivity contribution < 1.29 is 4.74 Å². The maximum absolute atomic E-state index is 5.44. The quantitative estimate of drug-likeness (QED) is 0.531. The van der Waals surface area contributed by atoms with E-state index in [0.717, 1.165) is 19.8 Å². The van der Waals surface area contributed by atoms with Crippen molar-refractivity contribution in [3.63, 3.8) is 0 Å². The van der Waals surface area contributed by atoms with Gasteiger partial charge in [-0.25, -0.2) is 0 Å². The van der Waals surface area contributed by atoms with Gasteiger partial charge >= 0.3 is 0 Å². The number of hydrogen-bond acceptors (Lipinski definition) is 2. The van der Waals surface area contributed by atoms with Crippen molar-refractivity contribution >= 4 is 0 Å². The van der Waals surface area contributed by atoms with E-state index in [4.69, 9.17) is 10.5 Å². The Morgan fingerprint density at radius 2 is 2.38 bits per heavy atom. The van der Waals surface area contributed by atoms with Gasteiger partial charge in [0.05, 0.1) is 6.61 Å². The average Bonchev–Trinajstić information content (AvgIpc) is 2.14. The highest BCUT2D eigenvalue weighted by atomic mass is 16.5. The monoisotopic (exact) mass is 115 g/mol. The second kappa shape index (κ2) is 2.46. The molecule has 1 heterocycles. The molecule has 2 N–H and O–H groups in total.